The van der Waals surface area contributed by atoms with Crippen LogP contribution in [0.15, 0.2) is 12.3 Å². The SMILES string of the molecule is CCn1ccc(C(C)NC(=O)C(C)n2nc(C(F)(F)F)c(Cl)c2C)n1. The van der Waals surface area contributed by atoms with Crippen LogP contribution in [0.4, 0.5) is 13.2 Å². The minimum atomic E-state index is -4.68. The molecule has 0 bridgehead atoms. The molecule has 2 unspecified atom stereocenters. The van der Waals surface area contributed by atoms with E-state index in [1.165, 1.54) is 13.8 Å². The van der Waals surface area contributed by atoms with E-state index in [4.69, 9.17) is 11.6 Å². The lowest BCUT2D eigenvalue weighted by Crippen LogP contribution is -2.34. The van der Waals surface area contributed by atoms with Crippen molar-refractivity contribution < 1.29 is 18.0 Å². The molecule has 0 aliphatic carbocycles. The maximum absolute atomic E-state index is 12.9. The lowest BCUT2D eigenvalue weighted by molar-refractivity contribution is -0.141. The van der Waals surface area contributed by atoms with Crippen LogP contribution in [-0.2, 0) is 17.5 Å². The standard InChI is InChI=1S/C15H19ClF3N5O/c1-5-23-7-6-11(21-23)8(2)20-14(25)10(4)24-9(3)12(16)13(22-24)15(17,18)19/h6-8,10H,5H2,1-4H3,(H,20,25). The first-order valence-electron chi connectivity index (χ1n) is 7.71. The fraction of sp³-hybridized carbons (Fsp3) is 0.533. The van der Waals surface area contributed by atoms with E-state index in [2.05, 4.69) is 15.5 Å². The van der Waals surface area contributed by atoms with Gasteiger partial charge in [-0.15, -0.1) is 0 Å². The van der Waals surface area contributed by atoms with Crippen LogP contribution in [0, 0.1) is 6.92 Å². The Hall–Kier alpha value is -2.03. The molecule has 1 N–H and O–H groups in total. The Balaban J connectivity index is 2.17. The molecule has 0 aliphatic rings. The smallest absolute Gasteiger partial charge is 0.346 e. The Morgan fingerprint density at radius 2 is 2.00 bits per heavy atom. The summed E-state index contributed by atoms with van der Waals surface area (Å²) in [6, 6.07) is 0.428. The van der Waals surface area contributed by atoms with Crippen molar-refractivity contribution in [3.05, 3.63) is 34.4 Å². The van der Waals surface area contributed by atoms with Crippen LogP contribution in [0.25, 0.3) is 0 Å². The number of hydrogen-bond donors (Lipinski definition) is 1. The average Bonchev–Trinajstić information content (AvgIpc) is 3.12. The summed E-state index contributed by atoms with van der Waals surface area (Å²) in [5.41, 5.74) is -0.450. The Bertz CT molecular complexity index is 768. The number of nitrogens with zero attached hydrogens (tertiary/aromatic N) is 4. The summed E-state index contributed by atoms with van der Waals surface area (Å²) in [5.74, 6) is -0.477. The number of carbonyl (C=O) groups is 1. The average molecular weight is 378 g/mol. The van der Waals surface area contributed by atoms with Gasteiger partial charge in [-0.05, 0) is 33.8 Å². The molecular weight excluding hydrogens is 359 g/mol. The summed E-state index contributed by atoms with van der Waals surface area (Å²) >= 11 is 5.72. The molecule has 2 rings (SSSR count). The number of carbonyl (C=O) groups excluding carboxylic acids is 1. The van der Waals surface area contributed by atoms with Gasteiger partial charge in [-0.2, -0.15) is 23.4 Å². The van der Waals surface area contributed by atoms with Crippen LogP contribution in [0.2, 0.25) is 5.02 Å². The largest absolute Gasteiger partial charge is 0.436 e. The topological polar surface area (TPSA) is 64.7 Å². The van der Waals surface area contributed by atoms with Crippen molar-refractivity contribution in [2.75, 3.05) is 0 Å². The number of amides is 1. The van der Waals surface area contributed by atoms with E-state index in [9.17, 15) is 18.0 Å². The number of rotatable bonds is 5. The highest BCUT2D eigenvalue weighted by molar-refractivity contribution is 6.32. The van der Waals surface area contributed by atoms with Gasteiger partial charge in [0.1, 0.15) is 6.04 Å². The van der Waals surface area contributed by atoms with Crippen molar-refractivity contribution in [2.24, 2.45) is 0 Å². The molecule has 0 saturated carbocycles. The summed E-state index contributed by atoms with van der Waals surface area (Å²) in [6.07, 6.45) is -2.89. The summed E-state index contributed by atoms with van der Waals surface area (Å²) in [4.78, 5) is 12.4. The lowest BCUT2D eigenvalue weighted by Gasteiger charge is -2.17. The Morgan fingerprint density at radius 1 is 1.36 bits per heavy atom. The third kappa shape index (κ3) is 3.97. The molecule has 138 valence electrons. The van der Waals surface area contributed by atoms with Gasteiger partial charge >= 0.3 is 6.18 Å². The number of nitrogens with one attached hydrogen (secondary N) is 1. The predicted molar refractivity (Wildman–Crippen MR) is 86.1 cm³/mol. The van der Waals surface area contributed by atoms with Crippen LogP contribution >= 0.6 is 11.6 Å². The normalized spacial score (nSPS) is 14.4. The minimum absolute atomic E-state index is 0.0829. The van der Waals surface area contributed by atoms with Crippen LogP contribution in [0.1, 0.15) is 49.9 Å². The van der Waals surface area contributed by atoms with Crippen molar-refractivity contribution in [2.45, 2.75) is 52.5 Å². The molecule has 2 heterocycles. The fourth-order valence-electron chi connectivity index (χ4n) is 2.36. The number of aromatic nitrogens is 4. The molecule has 0 fully saturated rings. The number of hydrogen-bond acceptors (Lipinski definition) is 3. The van der Waals surface area contributed by atoms with Gasteiger partial charge in [0.25, 0.3) is 0 Å². The van der Waals surface area contributed by atoms with E-state index >= 15 is 0 Å². The van der Waals surface area contributed by atoms with Crippen molar-refractivity contribution >= 4 is 17.5 Å². The first-order valence-corrected chi connectivity index (χ1v) is 8.09. The quantitative estimate of drug-likeness (QED) is 0.867. The van der Waals surface area contributed by atoms with Crippen molar-refractivity contribution in [1.29, 1.82) is 0 Å². The van der Waals surface area contributed by atoms with Crippen LogP contribution < -0.4 is 5.32 Å². The second-order valence-electron chi connectivity index (χ2n) is 5.69. The number of alkyl halides is 3. The zero-order chi connectivity index (χ0) is 18.9. The molecule has 2 aromatic rings. The summed E-state index contributed by atoms with van der Waals surface area (Å²) < 4.78 is 41.4. The first kappa shape index (κ1) is 19.3. The van der Waals surface area contributed by atoms with Crippen molar-refractivity contribution in [1.82, 2.24) is 24.9 Å². The van der Waals surface area contributed by atoms with E-state index < -0.39 is 34.9 Å². The predicted octanol–water partition coefficient (Wildman–Crippen LogP) is 3.52. The number of aryl methyl sites for hydroxylation is 1. The van der Waals surface area contributed by atoms with Gasteiger partial charge in [0.2, 0.25) is 5.91 Å². The lowest BCUT2D eigenvalue weighted by atomic mass is 10.2. The zero-order valence-electron chi connectivity index (χ0n) is 14.2. The molecule has 2 atom stereocenters. The molecule has 6 nitrogen and oxygen atoms in total. The molecule has 0 radical (unpaired) electrons. The van der Waals surface area contributed by atoms with Gasteiger partial charge in [-0.3, -0.25) is 14.2 Å². The van der Waals surface area contributed by atoms with Crippen LogP contribution in [-0.4, -0.2) is 25.5 Å². The Kier molecular flexibility index (Phi) is 5.46. The number of halogens is 4. The highest BCUT2D eigenvalue weighted by Gasteiger charge is 2.39. The van der Waals surface area contributed by atoms with Crippen molar-refractivity contribution in [3.8, 4) is 0 Å². The zero-order valence-corrected chi connectivity index (χ0v) is 15.0. The summed E-state index contributed by atoms with van der Waals surface area (Å²) in [7, 11) is 0. The highest BCUT2D eigenvalue weighted by Crippen LogP contribution is 2.36. The van der Waals surface area contributed by atoms with E-state index in [0.29, 0.717) is 12.2 Å². The third-order valence-corrected chi connectivity index (χ3v) is 4.33. The molecular formula is C15H19ClF3N5O. The van der Waals surface area contributed by atoms with Crippen LogP contribution in [0.5, 0.6) is 0 Å². The maximum Gasteiger partial charge on any atom is 0.436 e. The molecule has 1 amide bonds. The van der Waals surface area contributed by atoms with E-state index in [1.807, 2.05) is 6.92 Å². The second-order valence-corrected chi connectivity index (χ2v) is 6.07. The molecule has 2 aromatic heterocycles. The monoisotopic (exact) mass is 377 g/mol. The summed E-state index contributed by atoms with van der Waals surface area (Å²) in [5, 5.41) is 10.00. The van der Waals surface area contributed by atoms with Gasteiger partial charge in [0, 0.05) is 12.7 Å². The van der Waals surface area contributed by atoms with Crippen molar-refractivity contribution in [3.63, 3.8) is 0 Å². The second kappa shape index (κ2) is 7.07. The summed E-state index contributed by atoms with van der Waals surface area (Å²) in [6.45, 7) is 7.23. The fourth-order valence-corrected chi connectivity index (χ4v) is 2.59. The van der Waals surface area contributed by atoms with E-state index in [-0.39, 0.29) is 5.69 Å². The molecule has 0 aromatic carbocycles. The van der Waals surface area contributed by atoms with E-state index in [1.54, 1.807) is 23.9 Å². The third-order valence-electron chi connectivity index (χ3n) is 3.88. The minimum Gasteiger partial charge on any atom is -0.346 e. The molecule has 25 heavy (non-hydrogen) atoms. The van der Waals surface area contributed by atoms with E-state index in [0.717, 1.165) is 4.68 Å². The van der Waals surface area contributed by atoms with Crippen LogP contribution in [0.3, 0.4) is 0 Å². The maximum atomic E-state index is 12.9. The highest BCUT2D eigenvalue weighted by atomic mass is 35.5. The first-order chi connectivity index (χ1) is 11.6. The van der Waals surface area contributed by atoms with Gasteiger partial charge in [0.15, 0.2) is 5.69 Å². The van der Waals surface area contributed by atoms with Gasteiger partial charge in [-0.25, -0.2) is 0 Å². The molecule has 0 spiro atoms. The van der Waals surface area contributed by atoms with Gasteiger partial charge in [0.05, 0.1) is 22.5 Å². The van der Waals surface area contributed by atoms with Gasteiger partial charge in [-0.1, -0.05) is 11.6 Å². The molecule has 0 aliphatic heterocycles. The van der Waals surface area contributed by atoms with Gasteiger partial charge < -0.3 is 5.32 Å². The Morgan fingerprint density at radius 3 is 2.48 bits per heavy atom. The molecule has 10 heteroatoms. The molecule has 0 saturated heterocycles. The Labute approximate surface area is 147 Å².